The lowest BCUT2D eigenvalue weighted by molar-refractivity contribution is -0.117. The number of carbonyl (C=O) groups excluding carboxylic acids is 2. The normalized spacial score (nSPS) is 16.6. The van der Waals surface area contributed by atoms with Crippen LogP contribution in [0.5, 0.6) is 0 Å². The molecule has 4 aromatic rings. The molecule has 1 aliphatic rings. The Morgan fingerprint density at radius 2 is 1.83 bits per heavy atom. The number of thiophene rings is 1. The summed E-state index contributed by atoms with van der Waals surface area (Å²) >= 11 is 1.35. The van der Waals surface area contributed by atoms with Crippen LogP contribution in [0.2, 0.25) is 0 Å². The predicted molar refractivity (Wildman–Crippen MR) is 111 cm³/mol. The number of hydrogen-bond donors (Lipinski definition) is 1. The Morgan fingerprint density at radius 1 is 1.07 bits per heavy atom. The van der Waals surface area contributed by atoms with Gasteiger partial charge in [0.25, 0.3) is 5.91 Å². The van der Waals surface area contributed by atoms with Gasteiger partial charge in [0.1, 0.15) is 17.4 Å². The molecule has 1 N–H and O–H groups in total. The van der Waals surface area contributed by atoms with Gasteiger partial charge in [-0.05, 0) is 47.8 Å². The van der Waals surface area contributed by atoms with E-state index in [0.29, 0.717) is 16.1 Å². The molecular weight excluding hydrogens is 405 g/mol. The van der Waals surface area contributed by atoms with Crippen molar-refractivity contribution < 1.29 is 23.5 Å². The molecule has 2 aromatic carbocycles. The van der Waals surface area contributed by atoms with Crippen LogP contribution in [0.25, 0.3) is 11.0 Å². The molecule has 5 nitrogen and oxygen atoms in total. The average molecular weight is 419 g/mol. The minimum Gasteiger partial charge on any atom is -0.503 e. The topological polar surface area (TPSA) is 70.8 Å². The van der Waals surface area contributed by atoms with Gasteiger partial charge in [-0.3, -0.25) is 14.5 Å². The molecule has 7 heteroatoms. The summed E-state index contributed by atoms with van der Waals surface area (Å²) in [6, 6.07) is 16.8. The predicted octanol–water partition coefficient (Wildman–Crippen LogP) is 5.42. The van der Waals surface area contributed by atoms with Crippen LogP contribution in [0.4, 0.5) is 10.1 Å². The van der Waals surface area contributed by atoms with Crippen LogP contribution in [-0.4, -0.2) is 16.8 Å². The number of ketones is 1. The van der Waals surface area contributed by atoms with Gasteiger partial charge in [0.05, 0.1) is 5.57 Å². The second-order valence-corrected chi connectivity index (χ2v) is 7.79. The number of Topliss-reactive ketones (excluding diaryl/α,β-unsaturated/α-hetero) is 1. The Hall–Kier alpha value is -3.71. The number of halogens is 1. The first kappa shape index (κ1) is 18.3. The summed E-state index contributed by atoms with van der Waals surface area (Å²) in [6.45, 7) is 0. The third-order valence-electron chi connectivity index (χ3n) is 5.02. The number of aliphatic hydroxyl groups is 1. The van der Waals surface area contributed by atoms with Gasteiger partial charge in [0.2, 0.25) is 5.78 Å². The average Bonchev–Trinajstić information content (AvgIpc) is 3.47. The lowest BCUT2D eigenvalue weighted by atomic mass is 10.00. The lowest BCUT2D eigenvalue weighted by Crippen LogP contribution is -2.30. The monoisotopic (exact) mass is 419 g/mol. The molecule has 1 atom stereocenters. The van der Waals surface area contributed by atoms with E-state index in [1.165, 1.54) is 40.5 Å². The highest BCUT2D eigenvalue weighted by Gasteiger charge is 2.45. The number of aliphatic hydroxyl groups excluding tert-OH is 1. The number of hydrogen-bond acceptors (Lipinski definition) is 5. The van der Waals surface area contributed by atoms with E-state index in [9.17, 15) is 19.1 Å². The quantitative estimate of drug-likeness (QED) is 0.449. The van der Waals surface area contributed by atoms with Crippen molar-refractivity contribution in [2.24, 2.45) is 0 Å². The number of benzene rings is 2. The van der Waals surface area contributed by atoms with Gasteiger partial charge in [0.15, 0.2) is 11.5 Å². The molecular formula is C23H14FNO4S. The maximum Gasteiger partial charge on any atom is 0.294 e. The number of rotatable bonds is 4. The van der Waals surface area contributed by atoms with E-state index < -0.39 is 29.3 Å². The molecule has 0 bridgehead atoms. The first-order valence-corrected chi connectivity index (χ1v) is 10.0. The fourth-order valence-electron chi connectivity index (χ4n) is 3.65. The van der Waals surface area contributed by atoms with Crippen molar-refractivity contribution in [1.29, 1.82) is 0 Å². The first-order chi connectivity index (χ1) is 14.5. The van der Waals surface area contributed by atoms with Crippen molar-refractivity contribution in [2.45, 2.75) is 6.04 Å². The number of nitrogens with zero attached hydrogens (tertiary/aromatic N) is 1. The second kappa shape index (κ2) is 6.96. The van der Waals surface area contributed by atoms with Gasteiger partial charge in [-0.15, -0.1) is 11.3 Å². The number of amides is 1. The Balaban J connectivity index is 1.64. The summed E-state index contributed by atoms with van der Waals surface area (Å²) in [5.74, 6) is -2.34. The molecule has 3 heterocycles. The fourth-order valence-corrected chi connectivity index (χ4v) is 4.47. The van der Waals surface area contributed by atoms with E-state index in [2.05, 4.69) is 0 Å². The van der Waals surface area contributed by atoms with Crippen molar-refractivity contribution in [2.75, 3.05) is 4.90 Å². The molecule has 2 aromatic heterocycles. The van der Waals surface area contributed by atoms with Crippen molar-refractivity contribution in [3.05, 3.63) is 99.9 Å². The van der Waals surface area contributed by atoms with Crippen molar-refractivity contribution >= 4 is 39.7 Å². The van der Waals surface area contributed by atoms with Crippen LogP contribution >= 0.6 is 11.3 Å². The van der Waals surface area contributed by atoms with Gasteiger partial charge in [-0.1, -0.05) is 24.3 Å². The van der Waals surface area contributed by atoms with Crippen molar-refractivity contribution in [3.63, 3.8) is 0 Å². The Bertz CT molecular complexity index is 1270. The smallest absolute Gasteiger partial charge is 0.294 e. The molecule has 1 aliphatic heterocycles. The SMILES string of the molecule is O=C(C1=C(O)C(=O)N(c2ccc(F)cc2)C1c1cccs1)c1cc2ccccc2o1. The highest BCUT2D eigenvalue weighted by atomic mass is 32.1. The van der Waals surface area contributed by atoms with Crippen LogP contribution in [-0.2, 0) is 4.79 Å². The number of carbonyl (C=O) groups is 2. The van der Waals surface area contributed by atoms with Gasteiger partial charge in [-0.2, -0.15) is 0 Å². The minimum absolute atomic E-state index is 0.0352. The Labute approximate surface area is 174 Å². The van der Waals surface area contributed by atoms with E-state index >= 15 is 0 Å². The summed E-state index contributed by atoms with van der Waals surface area (Å²) in [6.07, 6.45) is 0. The number of fused-ring (bicyclic) bond motifs is 1. The fraction of sp³-hybridized carbons (Fsp3) is 0.0435. The minimum atomic E-state index is -0.844. The molecule has 30 heavy (non-hydrogen) atoms. The largest absolute Gasteiger partial charge is 0.503 e. The molecule has 0 radical (unpaired) electrons. The molecule has 1 amide bonds. The molecule has 5 rings (SSSR count). The maximum absolute atomic E-state index is 13.4. The molecule has 0 fully saturated rings. The van der Waals surface area contributed by atoms with Crippen LogP contribution in [0.15, 0.2) is 87.9 Å². The summed E-state index contributed by atoms with van der Waals surface area (Å²) in [5.41, 5.74) is 0.845. The van der Waals surface area contributed by atoms with Crippen LogP contribution in [0.3, 0.4) is 0 Å². The number of para-hydroxylation sites is 1. The summed E-state index contributed by atoms with van der Waals surface area (Å²) in [7, 11) is 0. The van der Waals surface area contributed by atoms with E-state index in [0.717, 1.165) is 5.39 Å². The molecule has 0 saturated carbocycles. The third kappa shape index (κ3) is 2.83. The highest BCUT2D eigenvalue weighted by Crippen LogP contribution is 2.43. The molecule has 1 unspecified atom stereocenters. The molecule has 0 aliphatic carbocycles. The van der Waals surface area contributed by atoms with Crippen molar-refractivity contribution in [1.82, 2.24) is 0 Å². The second-order valence-electron chi connectivity index (χ2n) is 6.81. The van der Waals surface area contributed by atoms with Crippen LogP contribution in [0, 0.1) is 5.82 Å². The van der Waals surface area contributed by atoms with E-state index in [1.54, 1.807) is 30.3 Å². The van der Waals surface area contributed by atoms with Gasteiger partial charge in [0, 0.05) is 16.0 Å². The zero-order valence-corrected chi connectivity index (χ0v) is 16.2. The van der Waals surface area contributed by atoms with E-state index in [1.807, 2.05) is 17.5 Å². The Morgan fingerprint density at radius 3 is 2.53 bits per heavy atom. The third-order valence-corrected chi connectivity index (χ3v) is 5.94. The van der Waals surface area contributed by atoms with Crippen molar-refractivity contribution in [3.8, 4) is 0 Å². The van der Waals surface area contributed by atoms with Gasteiger partial charge < -0.3 is 9.52 Å². The van der Waals surface area contributed by atoms with Gasteiger partial charge in [-0.25, -0.2) is 4.39 Å². The zero-order valence-electron chi connectivity index (χ0n) is 15.4. The van der Waals surface area contributed by atoms with Gasteiger partial charge >= 0.3 is 0 Å². The molecule has 0 saturated heterocycles. The number of anilines is 1. The summed E-state index contributed by atoms with van der Waals surface area (Å²) in [4.78, 5) is 28.3. The standard InChI is InChI=1S/C23H14FNO4S/c24-14-7-9-15(10-8-14)25-20(18-6-3-11-30-18)19(22(27)23(25)28)21(26)17-12-13-4-1-2-5-16(13)29-17/h1-12,20,27H. The van der Waals surface area contributed by atoms with Crippen LogP contribution in [0.1, 0.15) is 21.5 Å². The molecule has 148 valence electrons. The first-order valence-electron chi connectivity index (χ1n) is 9.13. The maximum atomic E-state index is 13.4. The Kier molecular flexibility index (Phi) is 4.25. The summed E-state index contributed by atoms with van der Waals surface area (Å²) < 4.78 is 19.1. The highest BCUT2D eigenvalue weighted by molar-refractivity contribution is 7.10. The van der Waals surface area contributed by atoms with Crippen LogP contribution < -0.4 is 4.90 Å². The zero-order chi connectivity index (χ0) is 20.8. The summed E-state index contributed by atoms with van der Waals surface area (Å²) in [5, 5.41) is 13.2. The lowest BCUT2D eigenvalue weighted by Gasteiger charge is -2.25. The number of furan rings is 1. The van der Waals surface area contributed by atoms with E-state index in [4.69, 9.17) is 4.42 Å². The molecule has 0 spiro atoms. The van der Waals surface area contributed by atoms with E-state index in [-0.39, 0.29) is 11.3 Å².